The van der Waals surface area contributed by atoms with Gasteiger partial charge in [0.15, 0.2) is 0 Å². The molecule has 4 rings (SSSR count). The molecular weight excluding hydrogens is 364 g/mol. The smallest absolute Gasteiger partial charge is 0.250 e. The SMILES string of the molecule is NC(=O)c1cn(CC(=O)NC[C@H](c2ccccc2)N2CCCC2)c2ccccc12. The number of hydrogen-bond acceptors (Lipinski definition) is 3. The molecule has 2 aromatic carbocycles. The van der Waals surface area contributed by atoms with Gasteiger partial charge in [-0.3, -0.25) is 14.5 Å². The summed E-state index contributed by atoms with van der Waals surface area (Å²) in [5, 5.41) is 3.86. The van der Waals surface area contributed by atoms with Crippen molar-refractivity contribution in [2.45, 2.75) is 25.4 Å². The Morgan fingerprint density at radius 3 is 2.41 bits per heavy atom. The van der Waals surface area contributed by atoms with Gasteiger partial charge in [-0.25, -0.2) is 0 Å². The number of fused-ring (bicyclic) bond motifs is 1. The molecule has 2 heterocycles. The number of rotatable bonds is 7. The van der Waals surface area contributed by atoms with E-state index < -0.39 is 5.91 Å². The molecule has 1 saturated heterocycles. The second-order valence-corrected chi connectivity index (χ2v) is 7.53. The van der Waals surface area contributed by atoms with Crippen LogP contribution in [0.15, 0.2) is 60.8 Å². The first-order valence-corrected chi connectivity index (χ1v) is 10.1. The van der Waals surface area contributed by atoms with Crippen LogP contribution in [-0.2, 0) is 11.3 Å². The third-order valence-corrected chi connectivity index (χ3v) is 5.63. The molecule has 0 unspecified atom stereocenters. The van der Waals surface area contributed by atoms with E-state index in [-0.39, 0.29) is 18.5 Å². The van der Waals surface area contributed by atoms with Crippen molar-refractivity contribution in [3.05, 3.63) is 71.9 Å². The Morgan fingerprint density at radius 2 is 1.69 bits per heavy atom. The quantitative estimate of drug-likeness (QED) is 0.651. The Bertz CT molecular complexity index is 1010. The average molecular weight is 390 g/mol. The highest BCUT2D eigenvalue weighted by Gasteiger charge is 2.24. The summed E-state index contributed by atoms with van der Waals surface area (Å²) in [5.74, 6) is -0.569. The predicted molar refractivity (Wildman–Crippen MR) is 113 cm³/mol. The minimum atomic E-state index is -0.487. The Kier molecular flexibility index (Phi) is 5.62. The monoisotopic (exact) mass is 390 g/mol. The topological polar surface area (TPSA) is 80.4 Å². The summed E-state index contributed by atoms with van der Waals surface area (Å²) in [4.78, 5) is 26.9. The zero-order valence-electron chi connectivity index (χ0n) is 16.4. The van der Waals surface area contributed by atoms with Crippen molar-refractivity contribution >= 4 is 22.7 Å². The van der Waals surface area contributed by atoms with Gasteiger partial charge in [0.1, 0.15) is 6.54 Å². The van der Waals surface area contributed by atoms with Gasteiger partial charge in [0.05, 0.1) is 11.6 Å². The molecule has 6 heteroatoms. The second kappa shape index (κ2) is 8.49. The standard InChI is InChI=1S/C23H26N4O2/c24-23(29)19-15-27(20-11-5-4-10-18(19)20)16-22(28)25-14-21(26-12-6-7-13-26)17-8-2-1-3-9-17/h1-5,8-11,15,21H,6-7,12-14,16H2,(H2,24,29)(H,25,28)/t21-/m1/s1. The lowest BCUT2D eigenvalue weighted by atomic mass is 10.1. The van der Waals surface area contributed by atoms with Gasteiger partial charge in [-0.1, -0.05) is 48.5 Å². The molecule has 2 amide bonds. The summed E-state index contributed by atoms with van der Waals surface area (Å²) in [6, 6.07) is 18.0. The van der Waals surface area contributed by atoms with E-state index in [1.54, 1.807) is 10.8 Å². The first kappa shape index (κ1) is 19.2. The van der Waals surface area contributed by atoms with Crippen LogP contribution < -0.4 is 11.1 Å². The van der Waals surface area contributed by atoms with Crippen molar-refractivity contribution in [1.29, 1.82) is 0 Å². The molecule has 3 aromatic rings. The van der Waals surface area contributed by atoms with Crippen LogP contribution in [0.5, 0.6) is 0 Å². The van der Waals surface area contributed by atoms with Gasteiger partial charge in [0.2, 0.25) is 5.91 Å². The first-order chi connectivity index (χ1) is 14.1. The zero-order valence-corrected chi connectivity index (χ0v) is 16.4. The fourth-order valence-electron chi connectivity index (χ4n) is 4.18. The maximum atomic E-state index is 12.7. The van der Waals surface area contributed by atoms with Crippen molar-refractivity contribution in [2.75, 3.05) is 19.6 Å². The molecule has 1 aliphatic heterocycles. The molecule has 0 saturated carbocycles. The Morgan fingerprint density at radius 1 is 1.00 bits per heavy atom. The Hall–Kier alpha value is -3.12. The largest absolute Gasteiger partial charge is 0.366 e. The summed E-state index contributed by atoms with van der Waals surface area (Å²) in [7, 11) is 0. The Balaban J connectivity index is 1.48. The highest BCUT2D eigenvalue weighted by molar-refractivity contribution is 6.06. The van der Waals surface area contributed by atoms with Crippen LogP contribution >= 0.6 is 0 Å². The third kappa shape index (κ3) is 4.17. The lowest BCUT2D eigenvalue weighted by Crippen LogP contribution is -2.38. The minimum Gasteiger partial charge on any atom is -0.366 e. The van der Waals surface area contributed by atoms with Crippen molar-refractivity contribution in [2.24, 2.45) is 5.73 Å². The lowest BCUT2D eigenvalue weighted by molar-refractivity contribution is -0.121. The number of carbonyl (C=O) groups is 2. The van der Waals surface area contributed by atoms with E-state index in [1.807, 2.05) is 42.5 Å². The minimum absolute atomic E-state index is 0.0816. The summed E-state index contributed by atoms with van der Waals surface area (Å²) < 4.78 is 1.79. The zero-order chi connectivity index (χ0) is 20.2. The van der Waals surface area contributed by atoms with Gasteiger partial charge in [-0.2, -0.15) is 0 Å². The van der Waals surface area contributed by atoms with Gasteiger partial charge < -0.3 is 15.6 Å². The van der Waals surface area contributed by atoms with E-state index in [1.165, 1.54) is 18.4 Å². The first-order valence-electron chi connectivity index (χ1n) is 10.1. The van der Waals surface area contributed by atoms with Crippen LogP contribution in [0.2, 0.25) is 0 Å². The number of amides is 2. The fourth-order valence-corrected chi connectivity index (χ4v) is 4.18. The molecule has 1 fully saturated rings. The number of aromatic nitrogens is 1. The molecule has 0 aliphatic carbocycles. The number of nitrogens with two attached hydrogens (primary N) is 1. The number of nitrogens with one attached hydrogen (secondary N) is 1. The molecular formula is C23H26N4O2. The maximum Gasteiger partial charge on any atom is 0.250 e. The number of benzene rings is 2. The van der Waals surface area contributed by atoms with E-state index in [0.717, 1.165) is 24.0 Å². The molecule has 1 atom stereocenters. The van der Waals surface area contributed by atoms with Gasteiger partial charge in [0.25, 0.3) is 5.91 Å². The van der Waals surface area contributed by atoms with Gasteiger partial charge in [-0.05, 0) is 37.6 Å². The maximum absolute atomic E-state index is 12.7. The lowest BCUT2D eigenvalue weighted by Gasteiger charge is -2.28. The molecule has 150 valence electrons. The van der Waals surface area contributed by atoms with Crippen molar-refractivity contribution in [1.82, 2.24) is 14.8 Å². The van der Waals surface area contributed by atoms with Crippen LogP contribution in [-0.4, -0.2) is 40.9 Å². The van der Waals surface area contributed by atoms with Crippen molar-refractivity contribution in [3.63, 3.8) is 0 Å². The summed E-state index contributed by atoms with van der Waals surface area (Å²) in [6.45, 7) is 2.82. The third-order valence-electron chi connectivity index (χ3n) is 5.63. The summed E-state index contributed by atoms with van der Waals surface area (Å²) in [6.07, 6.45) is 4.06. The van der Waals surface area contributed by atoms with Gasteiger partial charge in [-0.15, -0.1) is 0 Å². The van der Waals surface area contributed by atoms with E-state index in [4.69, 9.17) is 5.73 Å². The summed E-state index contributed by atoms with van der Waals surface area (Å²) >= 11 is 0. The molecule has 1 aromatic heterocycles. The van der Waals surface area contributed by atoms with Crippen molar-refractivity contribution in [3.8, 4) is 0 Å². The van der Waals surface area contributed by atoms with E-state index in [0.29, 0.717) is 12.1 Å². The van der Waals surface area contributed by atoms with Crippen molar-refractivity contribution < 1.29 is 9.59 Å². The number of likely N-dealkylation sites (tertiary alicyclic amines) is 1. The highest BCUT2D eigenvalue weighted by atomic mass is 16.2. The fraction of sp³-hybridized carbons (Fsp3) is 0.304. The van der Waals surface area contributed by atoms with Crippen LogP contribution in [0.3, 0.4) is 0 Å². The van der Waals surface area contributed by atoms with E-state index in [2.05, 4.69) is 22.3 Å². The van der Waals surface area contributed by atoms with Crippen LogP contribution in [0, 0.1) is 0 Å². The molecule has 3 N–H and O–H groups in total. The summed E-state index contributed by atoms with van der Waals surface area (Å²) in [5.41, 5.74) is 7.98. The number of carbonyl (C=O) groups excluding carboxylic acids is 2. The van der Waals surface area contributed by atoms with E-state index >= 15 is 0 Å². The van der Waals surface area contributed by atoms with Crippen LogP contribution in [0.25, 0.3) is 10.9 Å². The highest BCUT2D eigenvalue weighted by Crippen LogP contribution is 2.25. The molecule has 0 radical (unpaired) electrons. The van der Waals surface area contributed by atoms with Crippen LogP contribution in [0.1, 0.15) is 34.8 Å². The average Bonchev–Trinajstić information content (AvgIpc) is 3.38. The normalized spacial score (nSPS) is 15.4. The second-order valence-electron chi connectivity index (χ2n) is 7.53. The molecule has 1 aliphatic rings. The number of nitrogens with zero attached hydrogens (tertiary/aromatic N) is 2. The number of primary amides is 1. The van der Waals surface area contributed by atoms with E-state index in [9.17, 15) is 9.59 Å². The Labute approximate surface area is 170 Å². The van der Waals surface area contributed by atoms with Gasteiger partial charge in [0, 0.05) is 23.6 Å². The van der Waals surface area contributed by atoms with Crippen LogP contribution in [0.4, 0.5) is 0 Å². The number of hydrogen-bond donors (Lipinski definition) is 2. The molecule has 0 bridgehead atoms. The predicted octanol–water partition coefficient (Wildman–Crippen LogP) is 2.69. The molecule has 6 nitrogen and oxygen atoms in total. The molecule has 0 spiro atoms. The van der Waals surface area contributed by atoms with Gasteiger partial charge >= 0.3 is 0 Å². The molecule has 29 heavy (non-hydrogen) atoms. The number of para-hydroxylation sites is 1.